The normalized spacial score (nSPS) is 19.9. The molecule has 10 nitrogen and oxygen atoms in total. The molecule has 2 atom stereocenters. The summed E-state index contributed by atoms with van der Waals surface area (Å²) in [6.07, 6.45) is -2.80. The summed E-state index contributed by atoms with van der Waals surface area (Å²) in [7, 11) is 0. The fraction of sp³-hybridized carbons (Fsp3) is 0.444. The van der Waals surface area contributed by atoms with Crippen molar-refractivity contribution >= 4 is 68.6 Å². The summed E-state index contributed by atoms with van der Waals surface area (Å²) in [5.74, 6) is -1.63. The molecule has 0 aliphatic carbocycles. The van der Waals surface area contributed by atoms with Crippen molar-refractivity contribution in [1.82, 2.24) is 30.2 Å². The first-order valence-corrected chi connectivity index (χ1v) is 13.4. The molecule has 4 rings (SSSR count). The lowest BCUT2D eigenvalue weighted by atomic mass is 10.0. The zero-order valence-corrected chi connectivity index (χ0v) is 21.7. The summed E-state index contributed by atoms with van der Waals surface area (Å²) in [5.41, 5.74) is 0.384. The van der Waals surface area contributed by atoms with Crippen LogP contribution in [-0.4, -0.2) is 70.7 Å². The summed E-state index contributed by atoms with van der Waals surface area (Å²) in [6, 6.07) is -0.916. The second kappa shape index (κ2) is 9.91. The van der Waals surface area contributed by atoms with E-state index >= 15 is 0 Å². The lowest BCUT2D eigenvalue weighted by molar-refractivity contribution is -0.150. The monoisotopic (exact) mass is 594 g/mol. The molecule has 1 saturated heterocycles. The molecule has 0 bridgehead atoms. The molecule has 2 aromatic rings. The van der Waals surface area contributed by atoms with Gasteiger partial charge in [-0.25, -0.2) is 13.6 Å². The van der Waals surface area contributed by atoms with Gasteiger partial charge >= 0.3 is 5.97 Å². The minimum absolute atomic E-state index is 0.0820. The van der Waals surface area contributed by atoms with Gasteiger partial charge < -0.3 is 10.4 Å². The molecule has 4 heterocycles. The summed E-state index contributed by atoms with van der Waals surface area (Å²) in [6.45, 7) is 3.00. The lowest BCUT2D eigenvalue weighted by Gasteiger charge is -2.49. The number of aromatic nitrogens is 4. The first kappa shape index (κ1) is 25.1. The average Bonchev–Trinajstić information content (AvgIpc) is 3.33. The Hall–Kier alpha value is -2.04. The van der Waals surface area contributed by atoms with Gasteiger partial charge in [0.05, 0.1) is 10.2 Å². The Morgan fingerprint density at radius 1 is 1.35 bits per heavy atom. The number of carbonyl (C=O) groups is 3. The smallest absolute Gasteiger partial charge is 0.352 e. The molecule has 2 N–H and O–H groups in total. The molecule has 0 saturated carbocycles. The number of amides is 2. The largest absolute Gasteiger partial charge is 0.477 e. The molecule has 2 amide bonds. The van der Waals surface area contributed by atoms with E-state index < -0.39 is 41.3 Å². The molecule has 16 heteroatoms. The van der Waals surface area contributed by atoms with Gasteiger partial charge in [-0.15, -0.1) is 22.0 Å². The standard InChI is InChI=1S/C18H17BrF2N6O4S3/c1-6-10(19)11(14(20)21)25-26(6)3-9(28)22-12-15(29)27-13(17(30)31)8(4-32-16(12)27)5-33-18-24-23-7(2)34-18/h12,14,16H,3-5H2,1-2H3,(H,22,28)(H,30,31). The molecule has 34 heavy (non-hydrogen) atoms. The van der Waals surface area contributed by atoms with Gasteiger partial charge in [0.25, 0.3) is 12.3 Å². The number of aryl methyl sites for hydroxylation is 1. The maximum atomic E-state index is 13.0. The van der Waals surface area contributed by atoms with E-state index in [1.165, 1.54) is 46.7 Å². The van der Waals surface area contributed by atoms with Crippen molar-refractivity contribution in [1.29, 1.82) is 0 Å². The fourth-order valence-corrected chi connectivity index (χ4v) is 7.23. The lowest BCUT2D eigenvalue weighted by Crippen LogP contribution is -2.70. The van der Waals surface area contributed by atoms with Gasteiger partial charge in [0.15, 0.2) is 4.34 Å². The number of alkyl halides is 2. The van der Waals surface area contributed by atoms with Crippen LogP contribution in [0.4, 0.5) is 8.78 Å². The topological polar surface area (TPSA) is 130 Å². The Morgan fingerprint density at radius 3 is 2.68 bits per heavy atom. The Bertz CT molecular complexity index is 1200. The molecule has 2 aliphatic heterocycles. The number of hydrogen-bond acceptors (Lipinski definition) is 9. The molecule has 182 valence electrons. The van der Waals surface area contributed by atoms with E-state index in [4.69, 9.17) is 0 Å². The number of hydrogen-bond donors (Lipinski definition) is 2. The number of rotatable bonds is 8. The molecule has 1 fully saturated rings. The highest BCUT2D eigenvalue weighted by molar-refractivity contribution is 9.10. The van der Waals surface area contributed by atoms with E-state index in [1.807, 2.05) is 6.92 Å². The highest BCUT2D eigenvalue weighted by Crippen LogP contribution is 2.41. The van der Waals surface area contributed by atoms with E-state index in [2.05, 4.69) is 36.5 Å². The van der Waals surface area contributed by atoms with Crippen LogP contribution in [0.25, 0.3) is 0 Å². The van der Waals surface area contributed by atoms with Gasteiger partial charge in [-0.1, -0.05) is 23.1 Å². The number of carbonyl (C=O) groups excluding carboxylic acids is 2. The van der Waals surface area contributed by atoms with Crippen LogP contribution in [0, 0.1) is 13.8 Å². The minimum atomic E-state index is -2.80. The second-order valence-corrected chi connectivity index (χ2v) is 11.6. The van der Waals surface area contributed by atoms with Crippen LogP contribution in [-0.2, 0) is 20.9 Å². The van der Waals surface area contributed by atoms with Crippen molar-refractivity contribution in [2.75, 3.05) is 11.5 Å². The van der Waals surface area contributed by atoms with Crippen molar-refractivity contribution in [3.05, 3.63) is 32.1 Å². The van der Waals surface area contributed by atoms with E-state index in [-0.39, 0.29) is 16.7 Å². The Labute approximate surface area is 212 Å². The van der Waals surface area contributed by atoms with Crippen LogP contribution in [0.3, 0.4) is 0 Å². The van der Waals surface area contributed by atoms with E-state index in [0.29, 0.717) is 27.1 Å². The van der Waals surface area contributed by atoms with Crippen LogP contribution in [0.1, 0.15) is 22.8 Å². The number of halogens is 3. The van der Waals surface area contributed by atoms with Gasteiger partial charge in [0.1, 0.15) is 34.4 Å². The van der Waals surface area contributed by atoms with E-state index in [9.17, 15) is 28.3 Å². The second-order valence-electron chi connectivity index (χ2n) is 7.33. The first-order valence-electron chi connectivity index (χ1n) is 9.71. The number of β-lactam (4-membered cyclic amide) rings is 1. The van der Waals surface area contributed by atoms with Crippen LogP contribution in [0.15, 0.2) is 20.1 Å². The van der Waals surface area contributed by atoms with Gasteiger partial charge in [-0.2, -0.15) is 5.10 Å². The summed E-state index contributed by atoms with van der Waals surface area (Å²) < 4.78 is 28.0. The van der Waals surface area contributed by atoms with Crippen molar-refractivity contribution in [2.45, 2.75) is 42.6 Å². The first-order chi connectivity index (χ1) is 16.1. The molecule has 0 radical (unpaired) electrons. The van der Waals surface area contributed by atoms with Gasteiger partial charge in [-0.3, -0.25) is 19.2 Å². The third kappa shape index (κ3) is 4.72. The molecular weight excluding hydrogens is 578 g/mol. The molecule has 2 unspecified atom stereocenters. The molecule has 0 spiro atoms. The van der Waals surface area contributed by atoms with Crippen LogP contribution < -0.4 is 5.32 Å². The van der Waals surface area contributed by atoms with Gasteiger partial charge in [0, 0.05) is 11.5 Å². The van der Waals surface area contributed by atoms with Crippen molar-refractivity contribution in [2.24, 2.45) is 0 Å². The van der Waals surface area contributed by atoms with Crippen molar-refractivity contribution in [3.63, 3.8) is 0 Å². The molecule has 2 aliphatic rings. The molecule has 2 aromatic heterocycles. The van der Waals surface area contributed by atoms with E-state index in [1.54, 1.807) is 0 Å². The number of carboxylic acid groups (broad SMARTS) is 1. The van der Waals surface area contributed by atoms with Gasteiger partial charge in [-0.05, 0) is 35.4 Å². The fourth-order valence-electron chi connectivity index (χ4n) is 3.48. The quantitative estimate of drug-likeness (QED) is 0.350. The minimum Gasteiger partial charge on any atom is -0.477 e. The maximum absolute atomic E-state index is 13.0. The van der Waals surface area contributed by atoms with Crippen LogP contribution in [0.2, 0.25) is 0 Å². The summed E-state index contributed by atoms with van der Waals surface area (Å²) in [5, 5.41) is 24.3. The van der Waals surface area contributed by atoms with Crippen LogP contribution in [0.5, 0.6) is 0 Å². The summed E-state index contributed by atoms with van der Waals surface area (Å²) >= 11 is 7.15. The van der Waals surface area contributed by atoms with Crippen molar-refractivity contribution < 1.29 is 28.3 Å². The predicted octanol–water partition coefficient (Wildman–Crippen LogP) is 2.58. The molecule has 0 aromatic carbocycles. The van der Waals surface area contributed by atoms with E-state index in [0.717, 1.165) is 9.69 Å². The maximum Gasteiger partial charge on any atom is 0.352 e. The Balaban J connectivity index is 1.43. The number of fused-ring (bicyclic) bond motifs is 1. The predicted molar refractivity (Wildman–Crippen MR) is 125 cm³/mol. The number of nitrogens with zero attached hydrogens (tertiary/aromatic N) is 5. The van der Waals surface area contributed by atoms with Crippen LogP contribution >= 0.6 is 50.8 Å². The average molecular weight is 595 g/mol. The Kier molecular flexibility index (Phi) is 7.30. The zero-order chi connectivity index (χ0) is 24.7. The number of thioether (sulfide) groups is 2. The van der Waals surface area contributed by atoms with Gasteiger partial charge in [0.2, 0.25) is 5.91 Å². The number of nitrogens with one attached hydrogen (secondary N) is 1. The highest BCUT2D eigenvalue weighted by atomic mass is 79.9. The summed E-state index contributed by atoms with van der Waals surface area (Å²) in [4.78, 5) is 38.4. The molecular formula is C18H17BrF2N6O4S3. The number of aliphatic carboxylic acids is 1. The third-order valence-electron chi connectivity index (χ3n) is 5.10. The third-order valence-corrected chi connectivity index (χ3v) is 9.48. The zero-order valence-electron chi connectivity index (χ0n) is 17.6. The highest BCUT2D eigenvalue weighted by Gasteiger charge is 2.54. The SMILES string of the molecule is Cc1nnc(SCC2=C(C(=O)O)N3C(=O)C(NC(=O)Cn4nc(C(F)F)c(Br)c4C)C3SC2)s1. The number of carboxylic acids is 1. The Morgan fingerprint density at radius 2 is 2.09 bits per heavy atom. The van der Waals surface area contributed by atoms with Crippen molar-refractivity contribution in [3.8, 4) is 0 Å².